The lowest BCUT2D eigenvalue weighted by Gasteiger charge is -2.01. The van der Waals surface area contributed by atoms with Crippen LogP contribution in [0.2, 0.25) is 0 Å². The van der Waals surface area contributed by atoms with Crippen LogP contribution in [0.5, 0.6) is 0 Å². The molecule has 0 N–H and O–H groups in total. The van der Waals surface area contributed by atoms with Crippen LogP contribution in [0.4, 0.5) is 0 Å². The molecule has 0 spiro atoms. The highest BCUT2D eigenvalue weighted by Gasteiger charge is 2.43. The molecule has 1 aromatic rings. The molecule has 2 rings (SSSR count). The number of hydrogen-bond donors (Lipinski definition) is 0. The maximum absolute atomic E-state index is 11.4. The molecule has 0 amide bonds. The number of carbonyl (C=O) groups is 1. The fourth-order valence-electron chi connectivity index (χ4n) is 2.10. The molecule has 0 aromatic heterocycles. The van der Waals surface area contributed by atoms with Crippen molar-refractivity contribution < 1.29 is 9.53 Å². The first kappa shape index (κ1) is 11.2. The second-order valence-corrected chi connectivity index (χ2v) is 4.38. The molecule has 16 heavy (non-hydrogen) atoms. The van der Waals surface area contributed by atoms with Gasteiger partial charge in [-0.2, -0.15) is 0 Å². The number of hydrogen-bond acceptors (Lipinski definition) is 2. The maximum atomic E-state index is 11.4. The predicted octanol–water partition coefficient (Wildman–Crippen LogP) is 2.82. The lowest BCUT2D eigenvalue weighted by molar-refractivity contribution is -0.145. The van der Waals surface area contributed by atoms with Crippen LogP contribution in [0.1, 0.15) is 25.3 Å². The van der Waals surface area contributed by atoms with Gasteiger partial charge >= 0.3 is 5.97 Å². The lowest BCUT2D eigenvalue weighted by atomic mass is 10.1. The summed E-state index contributed by atoms with van der Waals surface area (Å²) in [5.41, 5.74) is 1.36. The topological polar surface area (TPSA) is 26.3 Å². The zero-order valence-corrected chi connectivity index (χ0v) is 9.69. The molecule has 1 aromatic carbocycles. The molecule has 1 aliphatic rings. The highest BCUT2D eigenvalue weighted by molar-refractivity contribution is 5.75. The van der Waals surface area contributed by atoms with Crippen molar-refractivity contribution in [2.45, 2.75) is 26.2 Å². The summed E-state index contributed by atoms with van der Waals surface area (Å²) in [6, 6.07) is 10.4. The Bertz CT molecular complexity index is 345. The van der Waals surface area contributed by atoms with Crippen molar-refractivity contribution in [3.05, 3.63) is 35.9 Å². The minimum Gasteiger partial charge on any atom is -0.466 e. The van der Waals surface area contributed by atoms with Crippen LogP contribution < -0.4 is 0 Å². The van der Waals surface area contributed by atoms with Crippen LogP contribution in [-0.4, -0.2) is 12.6 Å². The Labute approximate surface area is 96.6 Å². The van der Waals surface area contributed by atoms with Crippen molar-refractivity contribution in [3.63, 3.8) is 0 Å². The second kappa shape index (κ2) is 5.15. The Hall–Kier alpha value is -1.31. The summed E-state index contributed by atoms with van der Waals surface area (Å²) in [7, 11) is 0. The van der Waals surface area contributed by atoms with Crippen LogP contribution >= 0.6 is 0 Å². The number of esters is 1. The molecule has 2 heteroatoms. The van der Waals surface area contributed by atoms with Gasteiger partial charge < -0.3 is 4.74 Å². The van der Waals surface area contributed by atoms with Gasteiger partial charge in [-0.25, -0.2) is 0 Å². The molecule has 1 fully saturated rings. The fourth-order valence-corrected chi connectivity index (χ4v) is 2.10. The van der Waals surface area contributed by atoms with Crippen molar-refractivity contribution in [2.75, 3.05) is 6.61 Å². The zero-order valence-electron chi connectivity index (χ0n) is 9.69. The average molecular weight is 218 g/mol. The Morgan fingerprint density at radius 2 is 2.12 bits per heavy atom. The molecule has 0 radical (unpaired) electrons. The summed E-state index contributed by atoms with van der Waals surface area (Å²) in [6.07, 6.45) is 3.20. The van der Waals surface area contributed by atoms with Gasteiger partial charge in [-0.15, -0.1) is 0 Å². The maximum Gasteiger partial charge on any atom is 0.309 e. The van der Waals surface area contributed by atoms with E-state index in [0.717, 1.165) is 19.3 Å². The van der Waals surface area contributed by atoms with Crippen LogP contribution in [-0.2, 0) is 16.0 Å². The Kier molecular flexibility index (Phi) is 3.60. The molecule has 0 bridgehead atoms. The first-order valence-electron chi connectivity index (χ1n) is 6.02. The van der Waals surface area contributed by atoms with E-state index in [-0.39, 0.29) is 11.9 Å². The molecule has 1 saturated carbocycles. The SMILES string of the molecule is CCOC(=O)[C@@H]1C[C@H]1CCc1ccccc1. The van der Waals surface area contributed by atoms with E-state index in [1.54, 1.807) is 0 Å². The second-order valence-electron chi connectivity index (χ2n) is 4.38. The molecular formula is C14H18O2. The van der Waals surface area contributed by atoms with Gasteiger partial charge in [0.25, 0.3) is 0 Å². The summed E-state index contributed by atoms with van der Waals surface area (Å²) in [5.74, 6) is 0.739. The Morgan fingerprint density at radius 1 is 1.38 bits per heavy atom. The number of benzene rings is 1. The fraction of sp³-hybridized carbons (Fsp3) is 0.500. The van der Waals surface area contributed by atoms with E-state index in [4.69, 9.17) is 4.74 Å². The van der Waals surface area contributed by atoms with E-state index in [2.05, 4.69) is 24.3 Å². The molecule has 0 heterocycles. The molecule has 2 nitrogen and oxygen atoms in total. The minimum atomic E-state index is 0.000520. The summed E-state index contributed by atoms with van der Waals surface area (Å²) in [6.45, 7) is 2.36. The Balaban J connectivity index is 1.72. The Morgan fingerprint density at radius 3 is 2.81 bits per heavy atom. The van der Waals surface area contributed by atoms with Gasteiger partial charge in [-0.3, -0.25) is 4.79 Å². The summed E-state index contributed by atoms with van der Waals surface area (Å²) in [5, 5.41) is 0. The van der Waals surface area contributed by atoms with E-state index in [1.807, 2.05) is 13.0 Å². The number of rotatable bonds is 5. The molecule has 0 saturated heterocycles. The summed E-state index contributed by atoms with van der Waals surface area (Å²) < 4.78 is 5.01. The van der Waals surface area contributed by atoms with Gasteiger partial charge in [0, 0.05) is 0 Å². The molecular weight excluding hydrogens is 200 g/mol. The smallest absolute Gasteiger partial charge is 0.309 e. The summed E-state index contributed by atoms with van der Waals surface area (Å²) >= 11 is 0. The van der Waals surface area contributed by atoms with Gasteiger partial charge in [0.15, 0.2) is 0 Å². The van der Waals surface area contributed by atoms with E-state index in [0.29, 0.717) is 12.5 Å². The van der Waals surface area contributed by atoms with Gasteiger partial charge in [-0.05, 0) is 37.7 Å². The third-order valence-electron chi connectivity index (χ3n) is 3.16. The zero-order chi connectivity index (χ0) is 11.4. The van der Waals surface area contributed by atoms with Crippen molar-refractivity contribution in [1.29, 1.82) is 0 Å². The molecule has 1 aliphatic carbocycles. The standard InChI is InChI=1S/C14H18O2/c1-2-16-14(15)13-10-12(13)9-8-11-6-4-3-5-7-11/h3-7,12-13H,2,8-10H2,1H3/t12-,13-/m1/s1. The lowest BCUT2D eigenvalue weighted by Crippen LogP contribution is -2.07. The van der Waals surface area contributed by atoms with Gasteiger partial charge in [0.2, 0.25) is 0 Å². The van der Waals surface area contributed by atoms with Crippen LogP contribution in [0.15, 0.2) is 30.3 Å². The number of ether oxygens (including phenoxy) is 1. The first-order chi connectivity index (χ1) is 7.81. The highest BCUT2D eigenvalue weighted by Crippen LogP contribution is 2.42. The molecule has 0 aliphatic heterocycles. The predicted molar refractivity (Wildman–Crippen MR) is 63.0 cm³/mol. The monoisotopic (exact) mass is 218 g/mol. The summed E-state index contributed by atoms with van der Waals surface area (Å²) in [4.78, 5) is 11.4. The number of carbonyl (C=O) groups excluding carboxylic acids is 1. The molecule has 86 valence electrons. The van der Waals surface area contributed by atoms with E-state index < -0.39 is 0 Å². The van der Waals surface area contributed by atoms with Crippen molar-refractivity contribution >= 4 is 5.97 Å². The molecule has 0 unspecified atom stereocenters. The van der Waals surface area contributed by atoms with Gasteiger partial charge in [-0.1, -0.05) is 30.3 Å². The quantitative estimate of drug-likeness (QED) is 0.710. The van der Waals surface area contributed by atoms with E-state index in [1.165, 1.54) is 5.56 Å². The third kappa shape index (κ3) is 2.84. The highest BCUT2D eigenvalue weighted by atomic mass is 16.5. The van der Waals surface area contributed by atoms with Crippen LogP contribution in [0.25, 0.3) is 0 Å². The van der Waals surface area contributed by atoms with Gasteiger partial charge in [0.05, 0.1) is 12.5 Å². The largest absolute Gasteiger partial charge is 0.466 e. The molecule has 2 atom stereocenters. The van der Waals surface area contributed by atoms with E-state index in [9.17, 15) is 4.79 Å². The minimum absolute atomic E-state index is 0.000520. The average Bonchev–Trinajstić information content (AvgIpc) is 3.08. The third-order valence-corrected chi connectivity index (χ3v) is 3.16. The first-order valence-corrected chi connectivity index (χ1v) is 6.02. The normalized spacial score (nSPS) is 22.8. The van der Waals surface area contributed by atoms with Crippen LogP contribution in [0.3, 0.4) is 0 Å². The van der Waals surface area contributed by atoms with Crippen molar-refractivity contribution in [2.24, 2.45) is 11.8 Å². The van der Waals surface area contributed by atoms with Crippen molar-refractivity contribution in [1.82, 2.24) is 0 Å². The number of aryl methyl sites for hydroxylation is 1. The van der Waals surface area contributed by atoms with Crippen molar-refractivity contribution in [3.8, 4) is 0 Å². The van der Waals surface area contributed by atoms with Crippen LogP contribution in [0, 0.1) is 11.8 Å². The van der Waals surface area contributed by atoms with Gasteiger partial charge in [0.1, 0.15) is 0 Å². The van der Waals surface area contributed by atoms with E-state index >= 15 is 0 Å².